The predicted octanol–water partition coefficient (Wildman–Crippen LogP) is 5.44. The van der Waals surface area contributed by atoms with Crippen molar-refractivity contribution in [3.63, 3.8) is 0 Å². The van der Waals surface area contributed by atoms with Gasteiger partial charge in [-0.15, -0.1) is 0 Å². The van der Waals surface area contributed by atoms with Crippen LogP contribution in [0, 0.1) is 17.0 Å². The third kappa shape index (κ3) is 4.76. The highest BCUT2D eigenvalue weighted by molar-refractivity contribution is 7.80. The minimum absolute atomic E-state index is 0.0632. The number of anilines is 2. The number of nitro groups is 1. The fraction of sp³-hybridized carbons (Fsp3) is 0.192. The molecule has 182 valence electrons. The second-order valence-corrected chi connectivity index (χ2v) is 8.99. The lowest BCUT2D eigenvalue weighted by Gasteiger charge is -2.18. The highest BCUT2D eigenvalue weighted by Crippen LogP contribution is 2.32. The van der Waals surface area contributed by atoms with Crippen LogP contribution < -0.4 is 15.5 Å². The molecule has 4 aromatic rings. The van der Waals surface area contributed by atoms with Gasteiger partial charge in [0.25, 0.3) is 11.6 Å². The molecule has 2 heterocycles. The van der Waals surface area contributed by atoms with Gasteiger partial charge in [0.1, 0.15) is 11.2 Å². The summed E-state index contributed by atoms with van der Waals surface area (Å²) >= 11 is 5.30. The van der Waals surface area contributed by atoms with Crippen LogP contribution in [0.3, 0.4) is 0 Å². The van der Waals surface area contributed by atoms with Gasteiger partial charge in [0.15, 0.2) is 10.7 Å². The molecule has 1 fully saturated rings. The lowest BCUT2D eigenvalue weighted by atomic mass is 10.1. The van der Waals surface area contributed by atoms with Gasteiger partial charge in [-0.05, 0) is 73.9 Å². The molecular weight excluding hydrogens is 478 g/mol. The Morgan fingerprint density at radius 3 is 2.64 bits per heavy atom. The molecule has 9 nitrogen and oxygen atoms in total. The smallest absolute Gasteiger partial charge is 0.293 e. The molecule has 2 N–H and O–H groups in total. The van der Waals surface area contributed by atoms with Crippen LogP contribution in [0.5, 0.6) is 0 Å². The molecule has 0 unspecified atom stereocenters. The Labute approximate surface area is 212 Å². The summed E-state index contributed by atoms with van der Waals surface area (Å²) in [5.41, 5.74) is 4.44. The zero-order valence-corrected chi connectivity index (χ0v) is 20.3. The van der Waals surface area contributed by atoms with Gasteiger partial charge in [0.2, 0.25) is 5.89 Å². The van der Waals surface area contributed by atoms with Gasteiger partial charge >= 0.3 is 0 Å². The van der Waals surface area contributed by atoms with E-state index in [2.05, 4.69) is 15.6 Å². The van der Waals surface area contributed by atoms with Gasteiger partial charge in [-0.2, -0.15) is 0 Å². The monoisotopic (exact) mass is 501 g/mol. The first kappa shape index (κ1) is 23.4. The molecule has 0 aliphatic carbocycles. The number of rotatable bonds is 5. The number of amides is 1. The Bertz CT molecular complexity index is 1490. The zero-order valence-electron chi connectivity index (χ0n) is 19.5. The molecule has 1 aromatic heterocycles. The van der Waals surface area contributed by atoms with Crippen LogP contribution in [-0.4, -0.2) is 34.0 Å². The molecule has 36 heavy (non-hydrogen) atoms. The van der Waals surface area contributed by atoms with E-state index < -0.39 is 10.8 Å². The molecule has 5 rings (SSSR count). The molecular formula is C26H23N5O4S. The number of thiocarbonyl (C=S) groups is 1. The number of carbonyl (C=O) groups is 1. The SMILES string of the molecule is Cc1ccccc1-c1nc2cc(NC(=S)NC(=O)c3ccc(N4CCCC4)c([N+](=O)[O-])c3)ccc2o1. The largest absolute Gasteiger partial charge is 0.436 e. The summed E-state index contributed by atoms with van der Waals surface area (Å²) < 4.78 is 5.89. The molecule has 0 radical (unpaired) electrons. The molecule has 0 bridgehead atoms. The van der Waals surface area contributed by atoms with Crippen molar-refractivity contribution in [2.75, 3.05) is 23.3 Å². The maximum atomic E-state index is 12.8. The minimum atomic E-state index is -0.534. The van der Waals surface area contributed by atoms with Crippen molar-refractivity contribution < 1.29 is 14.1 Å². The van der Waals surface area contributed by atoms with Crippen molar-refractivity contribution in [2.24, 2.45) is 0 Å². The maximum Gasteiger partial charge on any atom is 0.293 e. The van der Waals surface area contributed by atoms with E-state index in [0.29, 0.717) is 28.4 Å². The average molecular weight is 502 g/mol. The number of carbonyl (C=O) groups excluding carboxylic acids is 1. The van der Waals surface area contributed by atoms with Gasteiger partial charge in [-0.3, -0.25) is 20.2 Å². The Morgan fingerprint density at radius 1 is 1.11 bits per heavy atom. The Balaban J connectivity index is 1.29. The van der Waals surface area contributed by atoms with Crippen LogP contribution in [0.1, 0.15) is 28.8 Å². The number of aromatic nitrogens is 1. The second kappa shape index (κ2) is 9.74. The molecule has 0 spiro atoms. The fourth-order valence-electron chi connectivity index (χ4n) is 4.31. The van der Waals surface area contributed by atoms with E-state index in [4.69, 9.17) is 16.6 Å². The van der Waals surface area contributed by atoms with Crippen molar-refractivity contribution in [1.29, 1.82) is 0 Å². The van der Waals surface area contributed by atoms with E-state index in [1.54, 1.807) is 30.3 Å². The number of nitrogens with one attached hydrogen (secondary N) is 2. The molecule has 0 saturated carbocycles. The number of hydrogen-bond acceptors (Lipinski definition) is 7. The van der Waals surface area contributed by atoms with Crippen LogP contribution in [0.15, 0.2) is 65.1 Å². The first-order valence-electron chi connectivity index (χ1n) is 11.5. The summed E-state index contributed by atoms with van der Waals surface area (Å²) in [7, 11) is 0. The van der Waals surface area contributed by atoms with E-state index >= 15 is 0 Å². The quantitative estimate of drug-likeness (QED) is 0.211. The number of fused-ring (bicyclic) bond motifs is 1. The minimum Gasteiger partial charge on any atom is -0.436 e. The molecule has 1 amide bonds. The van der Waals surface area contributed by atoms with Gasteiger partial charge in [0.05, 0.1) is 4.92 Å². The van der Waals surface area contributed by atoms with Crippen molar-refractivity contribution in [2.45, 2.75) is 19.8 Å². The molecule has 10 heteroatoms. The van der Waals surface area contributed by atoms with Crippen LogP contribution in [0.4, 0.5) is 17.1 Å². The predicted molar refractivity (Wildman–Crippen MR) is 142 cm³/mol. The third-order valence-corrected chi connectivity index (χ3v) is 6.33. The molecule has 1 aliphatic heterocycles. The highest BCUT2D eigenvalue weighted by atomic mass is 32.1. The number of benzene rings is 3. The zero-order chi connectivity index (χ0) is 25.2. The molecule has 1 aliphatic rings. The van der Waals surface area contributed by atoms with Gasteiger partial charge < -0.3 is 14.6 Å². The lowest BCUT2D eigenvalue weighted by molar-refractivity contribution is -0.384. The van der Waals surface area contributed by atoms with Crippen LogP contribution in [0.2, 0.25) is 0 Å². The lowest BCUT2D eigenvalue weighted by Crippen LogP contribution is -2.34. The topological polar surface area (TPSA) is 114 Å². The summed E-state index contributed by atoms with van der Waals surface area (Å²) in [6.07, 6.45) is 1.99. The number of hydrogen-bond donors (Lipinski definition) is 2. The van der Waals surface area contributed by atoms with Crippen molar-refractivity contribution in [3.05, 3.63) is 81.9 Å². The maximum absolute atomic E-state index is 12.8. The molecule has 1 saturated heterocycles. The summed E-state index contributed by atoms with van der Waals surface area (Å²) in [5, 5.41) is 17.2. The van der Waals surface area contributed by atoms with E-state index in [-0.39, 0.29) is 16.4 Å². The number of oxazole rings is 1. The van der Waals surface area contributed by atoms with Crippen molar-refractivity contribution in [1.82, 2.24) is 10.3 Å². The normalized spacial score (nSPS) is 13.1. The molecule has 3 aromatic carbocycles. The van der Waals surface area contributed by atoms with E-state index in [1.165, 1.54) is 6.07 Å². The summed E-state index contributed by atoms with van der Waals surface area (Å²) in [4.78, 5) is 30.5. The van der Waals surface area contributed by atoms with Crippen LogP contribution >= 0.6 is 12.2 Å². The standard InChI is InChI=1S/C26H23N5O4S/c1-16-6-2-3-7-19(16)25-28-20-15-18(9-11-23(20)35-25)27-26(36)29-24(32)17-8-10-21(22(14-17)31(33)34)30-12-4-5-13-30/h2-3,6-11,14-15H,4-5,12-13H2,1H3,(H2,27,29,32,36). The van der Waals surface area contributed by atoms with E-state index in [0.717, 1.165) is 37.1 Å². The van der Waals surface area contributed by atoms with Gasteiger partial charge in [0, 0.05) is 36.0 Å². The second-order valence-electron chi connectivity index (χ2n) is 8.58. The Morgan fingerprint density at radius 2 is 1.89 bits per heavy atom. The fourth-order valence-corrected chi connectivity index (χ4v) is 4.52. The summed E-state index contributed by atoms with van der Waals surface area (Å²) in [6, 6.07) is 17.6. The number of nitrogens with zero attached hydrogens (tertiary/aromatic N) is 3. The van der Waals surface area contributed by atoms with Gasteiger partial charge in [-0.25, -0.2) is 4.98 Å². The Kier molecular flexibility index (Phi) is 6.34. The average Bonchev–Trinajstić information content (AvgIpc) is 3.54. The molecule has 0 atom stereocenters. The first-order chi connectivity index (χ1) is 17.4. The number of nitro benzene ring substituents is 1. The Hall–Kier alpha value is -4.31. The van der Waals surface area contributed by atoms with Crippen molar-refractivity contribution >= 4 is 51.4 Å². The van der Waals surface area contributed by atoms with Gasteiger partial charge in [-0.1, -0.05) is 18.2 Å². The third-order valence-electron chi connectivity index (χ3n) is 6.13. The highest BCUT2D eigenvalue weighted by Gasteiger charge is 2.24. The first-order valence-corrected chi connectivity index (χ1v) is 11.9. The van der Waals surface area contributed by atoms with Crippen LogP contribution in [-0.2, 0) is 0 Å². The van der Waals surface area contributed by atoms with Crippen LogP contribution in [0.25, 0.3) is 22.6 Å². The summed E-state index contributed by atoms with van der Waals surface area (Å²) in [5.74, 6) is -0.0111. The summed E-state index contributed by atoms with van der Waals surface area (Å²) in [6.45, 7) is 3.53. The van der Waals surface area contributed by atoms with E-state index in [9.17, 15) is 14.9 Å². The van der Waals surface area contributed by atoms with E-state index in [1.807, 2.05) is 36.1 Å². The number of aryl methyl sites for hydroxylation is 1. The van der Waals surface area contributed by atoms with Crippen molar-refractivity contribution in [3.8, 4) is 11.5 Å².